The molecule has 1 N–H and O–H groups in total. The molecule has 0 bridgehead atoms. The first-order valence-corrected chi connectivity index (χ1v) is 6.06. The Hall–Kier alpha value is -2.69. The van der Waals surface area contributed by atoms with Crippen molar-refractivity contribution < 1.29 is 9.59 Å². The quantitative estimate of drug-likeness (QED) is 0.865. The lowest BCUT2D eigenvalue weighted by Crippen LogP contribution is -2.19. The van der Waals surface area contributed by atoms with Crippen LogP contribution in [-0.4, -0.2) is 16.3 Å². The van der Waals surface area contributed by atoms with E-state index in [-0.39, 0.29) is 17.2 Å². The number of nitrogens with one attached hydrogen (secondary N) is 1. The summed E-state index contributed by atoms with van der Waals surface area (Å²) in [4.78, 5) is 34.6. The van der Waals surface area contributed by atoms with Gasteiger partial charge in [0.2, 0.25) is 5.56 Å². The highest BCUT2D eigenvalue weighted by Crippen LogP contribution is 2.12. The normalized spacial score (nSPS) is 10.1. The van der Waals surface area contributed by atoms with E-state index in [4.69, 9.17) is 0 Å². The minimum atomic E-state index is -0.332. The molecule has 0 spiro atoms. The summed E-state index contributed by atoms with van der Waals surface area (Å²) in [6.07, 6.45) is 1.46. The average Bonchev–Trinajstić information content (AvgIpc) is 2.42. The molecule has 0 aliphatic carbocycles. The Morgan fingerprint density at radius 3 is 2.50 bits per heavy atom. The molecule has 102 valence electrons. The van der Waals surface area contributed by atoms with Crippen molar-refractivity contribution in [3.05, 3.63) is 64.1 Å². The second kappa shape index (κ2) is 5.52. The summed E-state index contributed by atoms with van der Waals surface area (Å²) in [5, 5.41) is 2.69. The molecule has 0 fully saturated rings. The minimum absolute atomic E-state index is 0.0665. The first kappa shape index (κ1) is 13.7. The van der Waals surface area contributed by atoms with Gasteiger partial charge in [-0.1, -0.05) is 12.1 Å². The molecule has 0 aliphatic heterocycles. The predicted molar refractivity (Wildman–Crippen MR) is 76.1 cm³/mol. The number of carbonyl (C=O) groups excluding carboxylic acids is 2. The van der Waals surface area contributed by atoms with Crippen LogP contribution in [0.4, 0.5) is 5.69 Å². The fourth-order valence-electron chi connectivity index (χ4n) is 1.75. The number of hydrogen-bond acceptors (Lipinski definition) is 3. The molecule has 0 aliphatic rings. The van der Waals surface area contributed by atoms with E-state index in [0.717, 1.165) is 0 Å². The third-order valence-corrected chi connectivity index (χ3v) is 2.87. The van der Waals surface area contributed by atoms with Gasteiger partial charge in [0.05, 0.1) is 5.56 Å². The Morgan fingerprint density at radius 1 is 1.10 bits per heavy atom. The highest BCUT2D eigenvalue weighted by Gasteiger charge is 2.08. The van der Waals surface area contributed by atoms with E-state index in [2.05, 4.69) is 5.32 Å². The van der Waals surface area contributed by atoms with Crippen molar-refractivity contribution in [3.63, 3.8) is 0 Å². The van der Waals surface area contributed by atoms with Gasteiger partial charge < -0.3 is 9.88 Å². The van der Waals surface area contributed by atoms with Crippen LogP contribution in [0, 0.1) is 0 Å². The maximum atomic E-state index is 12.0. The number of aryl methyl sites for hydroxylation is 1. The van der Waals surface area contributed by atoms with Crippen LogP contribution < -0.4 is 10.9 Å². The number of ketones is 1. The standard InChI is InChI=1S/C15H14N2O3/c1-10(18)11-4-3-5-13(8-11)16-15(20)12-6-7-14(19)17(2)9-12/h3-9H,1-2H3,(H,16,20). The smallest absolute Gasteiger partial charge is 0.257 e. The van der Waals surface area contributed by atoms with E-state index in [0.29, 0.717) is 16.8 Å². The molecule has 1 aromatic heterocycles. The molecular formula is C15H14N2O3. The van der Waals surface area contributed by atoms with Crippen LogP contribution in [0.3, 0.4) is 0 Å². The number of benzene rings is 1. The summed E-state index contributed by atoms with van der Waals surface area (Å²) >= 11 is 0. The third-order valence-electron chi connectivity index (χ3n) is 2.87. The SMILES string of the molecule is CC(=O)c1cccc(NC(=O)c2ccc(=O)n(C)c2)c1. The third kappa shape index (κ3) is 3.00. The Bertz CT molecular complexity index is 732. The predicted octanol–water partition coefficient (Wildman–Crippen LogP) is 1.84. The van der Waals surface area contributed by atoms with E-state index >= 15 is 0 Å². The van der Waals surface area contributed by atoms with Crippen molar-refractivity contribution in [3.8, 4) is 0 Å². The van der Waals surface area contributed by atoms with Gasteiger partial charge in [-0.2, -0.15) is 0 Å². The summed E-state index contributed by atoms with van der Waals surface area (Å²) in [5.74, 6) is -0.399. The minimum Gasteiger partial charge on any atom is -0.322 e. The van der Waals surface area contributed by atoms with Crippen molar-refractivity contribution in [1.82, 2.24) is 4.57 Å². The van der Waals surface area contributed by atoms with Gasteiger partial charge in [-0.05, 0) is 25.1 Å². The van der Waals surface area contributed by atoms with Crippen molar-refractivity contribution in [2.45, 2.75) is 6.92 Å². The molecule has 0 saturated heterocycles. The number of nitrogens with zero attached hydrogens (tertiary/aromatic N) is 1. The van der Waals surface area contributed by atoms with Gasteiger partial charge in [0.25, 0.3) is 5.91 Å². The Balaban J connectivity index is 2.23. The van der Waals surface area contributed by atoms with Crippen LogP contribution in [0.2, 0.25) is 0 Å². The second-order valence-corrected chi connectivity index (χ2v) is 4.46. The van der Waals surface area contributed by atoms with E-state index in [9.17, 15) is 14.4 Å². The van der Waals surface area contributed by atoms with E-state index in [1.807, 2.05) is 0 Å². The number of anilines is 1. The number of rotatable bonds is 3. The summed E-state index contributed by atoms with van der Waals surface area (Å²) in [5.41, 5.74) is 1.26. The maximum absolute atomic E-state index is 12.0. The molecule has 5 heteroatoms. The van der Waals surface area contributed by atoms with Crippen LogP contribution in [0.15, 0.2) is 47.4 Å². The highest BCUT2D eigenvalue weighted by atomic mass is 16.2. The second-order valence-electron chi connectivity index (χ2n) is 4.46. The monoisotopic (exact) mass is 270 g/mol. The van der Waals surface area contributed by atoms with E-state index in [1.54, 1.807) is 31.3 Å². The van der Waals surface area contributed by atoms with Crippen LogP contribution in [0.5, 0.6) is 0 Å². The number of hydrogen-bond donors (Lipinski definition) is 1. The lowest BCUT2D eigenvalue weighted by Gasteiger charge is -2.07. The van der Waals surface area contributed by atoms with Crippen molar-refractivity contribution in [2.24, 2.45) is 7.05 Å². The molecule has 1 heterocycles. The zero-order valence-corrected chi connectivity index (χ0v) is 11.2. The first-order chi connectivity index (χ1) is 9.47. The lowest BCUT2D eigenvalue weighted by molar-refractivity contribution is 0.101. The molecular weight excluding hydrogens is 256 g/mol. The molecule has 2 aromatic rings. The van der Waals surface area contributed by atoms with Gasteiger partial charge in [-0.3, -0.25) is 14.4 Å². The van der Waals surface area contributed by atoms with Gasteiger partial charge in [-0.25, -0.2) is 0 Å². The van der Waals surface area contributed by atoms with Gasteiger partial charge >= 0.3 is 0 Å². The molecule has 1 amide bonds. The topological polar surface area (TPSA) is 68.2 Å². The summed E-state index contributed by atoms with van der Waals surface area (Å²) < 4.78 is 1.33. The molecule has 20 heavy (non-hydrogen) atoms. The molecule has 1 aromatic carbocycles. The first-order valence-electron chi connectivity index (χ1n) is 6.06. The lowest BCUT2D eigenvalue weighted by atomic mass is 10.1. The molecule has 0 saturated carbocycles. The molecule has 0 unspecified atom stereocenters. The fourth-order valence-corrected chi connectivity index (χ4v) is 1.75. The van der Waals surface area contributed by atoms with Gasteiger partial charge in [-0.15, -0.1) is 0 Å². The summed E-state index contributed by atoms with van der Waals surface area (Å²) in [7, 11) is 1.58. The zero-order chi connectivity index (χ0) is 14.7. The number of Topliss-reactive ketones (excluding diaryl/α,β-unsaturated/α-hetero) is 1. The van der Waals surface area contributed by atoms with E-state index < -0.39 is 0 Å². The zero-order valence-electron chi connectivity index (χ0n) is 11.2. The number of amides is 1. The highest BCUT2D eigenvalue weighted by molar-refractivity contribution is 6.04. The van der Waals surface area contributed by atoms with Crippen LogP contribution >= 0.6 is 0 Å². The Kier molecular flexibility index (Phi) is 3.79. The fraction of sp³-hybridized carbons (Fsp3) is 0.133. The molecule has 0 atom stereocenters. The molecule has 2 rings (SSSR count). The number of pyridine rings is 1. The molecule has 5 nitrogen and oxygen atoms in total. The number of carbonyl (C=O) groups is 2. The van der Waals surface area contributed by atoms with Gasteiger partial charge in [0, 0.05) is 30.6 Å². The van der Waals surface area contributed by atoms with E-state index in [1.165, 1.54) is 29.8 Å². The van der Waals surface area contributed by atoms with Gasteiger partial charge in [0.1, 0.15) is 0 Å². The van der Waals surface area contributed by atoms with Crippen LogP contribution in [0.1, 0.15) is 27.6 Å². The van der Waals surface area contributed by atoms with Crippen LogP contribution in [0.25, 0.3) is 0 Å². The van der Waals surface area contributed by atoms with Crippen LogP contribution in [-0.2, 0) is 7.05 Å². The Labute approximate surface area is 115 Å². The van der Waals surface area contributed by atoms with Crippen molar-refractivity contribution in [1.29, 1.82) is 0 Å². The number of aromatic nitrogens is 1. The van der Waals surface area contributed by atoms with Crippen molar-refractivity contribution in [2.75, 3.05) is 5.32 Å². The van der Waals surface area contributed by atoms with Gasteiger partial charge in [0.15, 0.2) is 5.78 Å². The summed E-state index contributed by atoms with van der Waals surface area (Å²) in [6.45, 7) is 1.47. The Morgan fingerprint density at radius 2 is 1.85 bits per heavy atom. The largest absolute Gasteiger partial charge is 0.322 e. The van der Waals surface area contributed by atoms with Crippen molar-refractivity contribution >= 4 is 17.4 Å². The summed E-state index contributed by atoms with van der Waals surface area (Å²) in [6, 6.07) is 9.50. The maximum Gasteiger partial charge on any atom is 0.257 e. The molecule has 0 radical (unpaired) electrons. The average molecular weight is 270 g/mol.